The third kappa shape index (κ3) is 2.28. The molecule has 0 amide bonds. The van der Waals surface area contributed by atoms with Gasteiger partial charge in [-0.05, 0) is 25.3 Å². The lowest BCUT2D eigenvalue weighted by Crippen LogP contribution is -2.31. The minimum Gasteiger partial charge on any atom is -0.371 e. The maximum Gasteiger partial charge on any atom is 0.419 e. The number of hydrogen-bond acceptors (Lipinski definition) is 2. The van der Waals surface area contributed by atoms with Crippen molar-refractivity contribution in [2.75, 3.05) is 18.0 Å². The summed E-state index contributed by atoms with van der Waals surface area (Å²) in [5, 5.41) is 0. The van der Waals surface area contributed by atoms with E-state index < -0.39 is 11.7 Å². The van der Waals surface area contributed by atoms with Crippen molar-refractivity contribution in [3.05, 3.63) is 24.0 Å². The highest BCUT2D eigenvalue weighted by molar-refractivity contribution is 5.53. The summed E-state index contributed by atoms with van der Waals surface area (Å²) in [5.41, 5.74) is -0.571. The summed E-state index contributed by atoms with van der Waals surface area (Å²) in [6.45, 7) is 0.926. The van der Waals surface area contributed by atoms with Crippen molar-refractivity contribution in [3.8, 4) is 0 Å². The standard InChI is InChI=1S/C11H13F3N2/c12-11(13,14)9-8-15-5-4-10(9)16-6-2-1-3-7-16/h4-5,8H,1-3,6-7H2/i2D/t2-/m0/s1. The van der Waals surface area contributed by atoms with Crippen LogP contribution < -0.4 is 4.90 Å². The van der Waals surface area contributed by atoms with Gasteiger partial charge in [-0.15, -0.1) is 0 Å². The Kier molecular flexibility index (Phi) is 2.68. The molecule has 1 aromatic heterocycles. The van der Waals surface area contributed by atoms with Gasteiger partial charge in [0.2, 0.25) is 0 Å². The number of aromatic nitrogens is 1. The second-order valence-electron chi connectivity index (χ2n) is 3.77. The van der Waals surface area contributed by atoms with Crippen molar-refractivity contribution in [1.29, 1.82) is 0 Å². The lowest BCUT2D eigenvalue weighted by molar-refractivity contribution is -0.137. The fourth-order valence-electron chi connectivity index (χ4n) is 1.86. The molecular weight excluding hydrogens is 217 g/mol. The highest BCUT2D eigenvalue weighted by Crippen LogP contribution is 2.36. The first-order chi connectivity index (χ1) is 7.98. The van der Waals surface area contributed by atoms with Gasteiger partial charge in [0.15, 0.2) is 0 Å². The molecule has 2 heterocycles. The van der Waals surface area contributed by atoms with Crippen molar-refractivity contribution in [1.82, 2.24) is 4.98 Å². The monoisotopic (exact) mass is 231 g/mol. The van der Waals surface area contributed by atoms with E-state index in [4.69, 9.17) is 1.37 Å². The Bertz CT molecular complexity index is 395. The second kappa shape index (κ2) is 4.31. The Morgan fingerprint density at radius 1 is 1.31 bits per heavy atom. The van der Waals surface area contributed by atoms with Gasteiger partial charge < -0.3 is 4.90 Å². The van der Waals surface area contributed by atoms with Crippen LogP contribution in [0.25, 0.3) is 0 Å². The molecular formula is C11H13F3N2. The smallest absolute Gasteiger partial charge is 0.371 e. The summed E-state index contributed by atoms with van der Waals surface area (Å²) in [6.07, 6.45) is -0.978. The third-order valence-corrected chi connectivity index (χ3v) is 2.63. The lowest BCUT2D eigenvalue weighted by atomic mass is 10.1. The Morgan fingerprint density at radius 3 is 2.81 bits per heavy atom. The van der Waals surface area contributed by atoms with E-state index in [9.17, 15) is 13.2 Å². The van der Waals surface area contributed by atoms with Crippen LogP contribution >= 0.6 is 0 Å². The number of halogens is 3. The van der Waals surface area contributed by atoms with E-state index in [1.807, 2.05) is 0 Å². The zero-order chi connectivity index (χ0) is 12.5. The summed E-state index contributed by atoms with van der Waals surface area (Å²) in [5.74, 6) is 0. The van der Waals surface area contributed by atoms with Crippen molar-refractivity contribution in [2.24, 2.45) is 0 Å². The minimum absolute atomic E-state index is 0.143. The highest BCUT2D eigenvalue weighted by Gasteiger charge is 2.35. The molecule has 0 saturated carbocycles. The molecule has 0 aromatic carbocycles. The zero-order valence-corrected chi connectivity index (χ0v) is 8.67. The summed E-state index contributed by atoms with van der Waals surface area (Å²) in [4.78, 5) is 5.16. The van der Waals surface area contributed by atoms with E-state index in [1.165, 1.54) is 12.3 Å². The lowest BCUT2D eigenvalue weighted by Gasteiger charge is -2.30. The molecule has 16 heavy (non-hydrogen) atoms. The zero-order valence-electron chi connectivity index (χ0n) is 9.67. The van der Waals surface area contributed by atoms with Gasteiger partial charge in [0, 0.05) is 26.9 Å². The van der Waals surface area contributed by atoms with Gasteiger partial charge in [-0.25, -0.2) is 0 Å². The van der Waals surface area contributed by atoms with Gasteiger partial charge in [-0.2, -0.15) is 13.2 Å². The molecule has 1 atom stereocenters. The van der Waals surface area contributed by atoms with Gasteiger partial charge in [-0.1, -0.05) is 0 Å². The van der Waals surface area contributed by atoms with Gasteiger partial charge in [0.25, 0.3) is 0 Å². The fraction of sp³-hybridized carbons (Fsp3) is 0.545. The Labute approximate surface area is 93.5 Å². The molecule has 1 aromatic rings. The molecule has 0 unspecified atom stereocenters. The molecule has 1 fully saturated rings. The van der Waals surface area contributed by atoms with Crippen LogP contribution in [0.3, 0.4) is 0 Å². The van der Waals surface area contributed by atoms with E-state index in [0.717, 1.165) is 19.0 Å². The first kappa shape index (κ1) is 9.93. The van der Waals surface area contributed by atoms with Gasteiger partial charge in [0.1, 0.15) is 0 Å². The van der Waals surface area contributed by atoms with Crippen molar-refractivity contribution in [3.63, 3.8) is 0 Å². The van der Waals surface area contributed by atoms with Crippen molar-refractivity contribution in [2.45, 2.75) is 25.4 Å². The van der Waals surface area contributed by atoms with Crippen LogP contribution in [0.4, 0.5) is 18.9 Å². The van der Waals surface area contributed by atoms with Crippen LogP contribution in [0, 0.1) is 0 Å². The normalized spacial score (nSPS) is 23.1. The maximum atomic E-state index is 12.8. The fourth-order valence-corrected chi connectivity index (χ4v) is 1.86. The van der Waals surface area contributed by atoms with E-state index in [1.54, 1.807) is 4.90 Å². The first-order valence-electron chi connectivity index (χ1n) is 5.74. The van der Waals surface area contributed by atoms with Crippen LogP contribution in [0.2, 0.25) is 0 Å². The summed E-state index contributed by atoms with van der Waals surface area (Å²) >= 11 is 0. The first-order valence-corrected chi connectivity index (χ1v) is 5.17. The van der Waals surface area contributed by atoms with Gasteiger partial charge in [0.05, 0.1) is 11.3 Å². The molecule has 1 aliphatic heterocycles. The predicted molar refractivity (Wildman–Crippen MR) is 55.3 cm³/mol. The topological polar surface area (TPSA) is 16.1 Å². The SMILES string of the molecule is [2H][C@H]1CCCN(c2ccncc2C(F)(F)F)C1. The highest BCUT2D eigenvalue weighted by atomic mass is 19.4. The van der Waals surface area contributed by atoms with Crippen LogP contribution in [0.1, 0.15) is 26.2 Å². The van der Waals surface area contributed by atoms with Crippen LogP contribution in [-0.4, -0.2) is 18.1 Å². The van der Waals surface area contributed by atoms with Gasteiger partial charge >= 0.3 is 6.18 Å². The molecule has 1 saturated heterocycles. The van der Waals surface area contributed by atoms with E-state index in [2.05, 4.69) is 4.98 Å². The quantitative estimate of drug-likeness (QED) is 0.738. The van der Waals surface area contributed by atoms with E-state index in [0.29, 0.717) is 13.1 Å². The third-order valence-electron chi connectivity index (χ3n) is 2.63. The number of piperidine rings is 1. The molecule has 0 radical (unpaired) electrons. The molecule has 1 aliphatic rings. The number of nitrogens with zero attached hydrogens (tertiary/aromatic N) is 2. The molecule has 0 spiro atoms. The maximum absolute atomic E-state index is 12.8. The van der Waals surface area contributed by atoms with Crippen LogP contribution in [-0.2, 0) is 6.18 Å². The summed E-state index contributed by atoms with van der Waals surface area (Å²) < 4.78 is 46.0. The molecule has 0 N–H and O–H groups in total. The molecule has 0 bridgehead atoms. The Morgan fingerprint density at radius 2 is 2.12 bits per heavy atom. The van der Waals surface area contributed by atoms with E-state index >= 15 is 0 Å². The van der Waals surface area contributed by atoms with Crippen LogP contribution in [0.5, 0.6) is 0 Å². The number of pyridine rings is 1. The largest absolute Gasteiger partial charge is 0.419 e. The molecule has 0 aliphatic carbocycles. The number of anilines is 1. The predicted octanol–water partition coefficient (Wildman–Crippen LogP) is 3.09. The molecule has 2 nitrogen and oxygen atoms in total. The average molecular weight is 231 g/mol. The second-order valence-corrected chi connectivity index (χ2v) is 3.77. The molecule has 5 heteroatoms. The minimum atomic E-state index is -4.39. The molecule has 2 rings (SSSR count). The average Bonchev–Trinajstić information content (AvgIpc) is 2.28. The van der Waals surface area contributed by atoms with Gasteiger partial charge in [-0.3, -0.25) is 4.98 Å². The van der Waals surface area contributed by atoms with Crippen LogP contribution in [0.15, 0.2) is 18.5 Å². The van der Waals surface area contributed by atoms with E-state index in [-0.39, 0.29) is 12.1 Å². The Balaban J connectivity index is 2.31. The number of alkyl halides is 3. The number of rotatable bonds is 1. The number of hydrogen-bond donors (Lipinski definition) is 0. The molecule has 88 valence electrons. The van der Waals surface area contributed by atoms with Crippen molar-refractivity contribution < 1.29 is 14.5 Å². The summed E-state index contributed by atoms with van der Waals surface area (Å²) in [6, 6.07) is 1.38. The van der Waals surface area contributed by atoms with Crippen molar-refractivity contribution >= 4 is 5.69 Å². The Hall–Kier alpha value is -1.26. The summed E-state index contributed by atoms with van der Waals surface area (Å²) in [7, 11) is 0.